The first-order valence-electron chi connectivity index (χ1n) is 7.92. The smallest absolute Gasteiger partial charge is 0.326 e. The second kappa shape index (κ2) is 8.14. The van der Waals surface area contributed by atoms with Crippen LogP contribution in [-0.2, 0) is 9.59 Å². The predicted molar refractivity (Wildman–Crippen MR) is 93.0 cm³/mol. The van der Waals surface area contributed by atoms with Crippen molar-refractivity contribution in [3.8, 4) is 11.3 Å². The summed E-state index contributed by atoms with van der Waals surface area (Å²) in [5.74, 6) is -1.77. The first kappa shape index (κ1) is 18.3. The monoisotopic (exact) mass is 343 g/mol. The topological polar surface area (TPSA) is 103 Å². The fourth-order valence-electron chi connectivity index (χ4n) is 2.42. The largest absolute Gasteiger partial charge is 0.480 e. The summed E-state index contributed by atoms with van der Waals surface area (Å²) in [6, 6.07) is 11.9. The van der Waals surface area contributed by atoms with E-state index in [-0.39, 0.29) is 19.0 Å². The van der Waals surface area contributed by atoms with Gasteiger partial charge in [0.1, 0.15) is 11.7 Å². The molecule has 132 valence electrons. The van der Waals surface area contributed by atoms with Crippen LogP contribution < -0.4 is 5.32 Å². The standard InChI is InChI=1S/C18H21N3O4/c1-12(18(24)25)21(11-10-19-13(2)22)17(23)16-9-8-15(20-16)14-6-4-3-5-7-14/h3-9,12,20H,10-11H2,1-2H3,(H,19,22)(H,24,25). The van der Waals surface area contributed by atoms with Gasteiger partial charge in [0.25, 0.3) is 5.91 Å². The van der Waals surface area contributed by atoms with E-state index >= 15 is 0 Å². The van der Waals surface area contributed by atoms with Gasteiger partial charge in [0.2, 0.25) is 5.91 Å². The first-order valence-corrected chi connectivity index (χ1v) is 7.92. The minimum absolute atomic E-state index is 0.103. The Labute approximate surface area is 145 Å². The number of nitrogens with one attached hydrogen (secondary N) is 2. The van der Waals surface area contributed by atoms with E-state index in [4.69, 9.17) is 0 Å². The maximum atomic E-state index is 12.7. The van der Waals surface area contributed by atoms with Gasteiger partial charge in [-0.25, -0.2) is 4.79 Å². The number of nitrogens with zero attached hydrogens (tertiary/aromatic N) is 1. The van der Waals surface area contributed by atoms with Gasteiger partial charge in [0.15, 0.2) is 0 Å². The van der Waals surface area contributed by atoms with Crippen LogP contribution in [0, 0.1) is 0 Å². The molecule has 1 aromatic carbocycles. The Balaban J connectivity index is 2.19. The number of carboxylic acid groups (broad SMARTS) is 1. The van der Waals surface area contributed by atoms with Crippen molar-refractivity contribution in [1.29, 1.82) is 0 Å². The van der Waals surface area contributed by atoms with E-state index < -0.39 is 17.9 Å². The number of carbonyl (C=O) groups is 3. The lowest BCUT2D eigenvalue weighted by molar-refractivity contribution is -0.141. The molecule has 0 saturated carbocycles. The highest BCUT2D eigenvalue weighted by atomic mass is 16.4. The Morgan fingerprint density at radius 1 is 1.16 bits per heavy atom. The average Bonchev–Trinajstić information content (AvgIpc) is 3.08. The van der Waals surface area contributed by atoms with E-state index in [0.717, 1.165) is 11.3 Å². The minimum Gasteiger partial charge on any atom is -0.480 e. The van der Waals surface area contributed by atoms with Crippen molar-refractivity contribution in [2.45, 2.75) is 19.9 Å². The van der Waals surface area contributed by atoms with Crippen LogP contribution in [0.2, 0.25) is 0 Å². The second-order valence-corrected chi connectivity index (χ2v) is 5.65. The molecule has 1 unspecified atom stereocenters. The molecule has 3 N–H and O–H groups in total. The van der Waals surface area contributed by atoms with Crippen molar-refractivity contribution in [2.24, 2.45) is 0 Å². The molecule has 0 saturated heterocycles. The van der Waals surface area contributed by atoms with E-state index in [0.29, 0.717) is 5.69 Å². The molecular formula is C18H21N3O4. The lowest BCUT2D eigenvalue weighted by Gasteiger charge is -2.26. The van der Waals surface area contributed by atoms with Crippen LogP contribution in [0.1, 0.15) is 24.3 Å². The average molecular weight is 343 g/mol. The number of H-pyrrole nitrogens is 1. The van der Waals surface area contributed by atoms with Crippen LogP contribution in [0.15, 0.2) is 42.5 Å². The number of aliphatic carboxylic acids is 1. The number of rotatable bonds is 7. The fraction of sp³-hybridized carbons (Fsp3) is 0.278. The van der Waals surface area contributed by atoms with Gasteiger partial charge in [0.05, 0.1) is 0 Å². The molecule has 2 aromatic rings. The highest BCUT2D eigenvalue weighted by Gasteiger charge is 2.27. The molecule has 0 aliphatic rings. The third kappa shape index (κ3) is 4.69. The highest BCUT2D eigenvalue weighted by molar-refractivity contribution is 5.95. The number of carbonyl (C=O) groups excluding carboxylic acids is 2. The molecule has 0 aliphatic heterocycles. The molecule has 1 atom stereocenters. The van der Waals surface area contributed by atoms with Gasteiger partial charge in [-0.05, 0) is 24.6 Å². The molecule has 25 heavy (non-hydrogen) atoms. The maximum Gasteiger partial charge on any atom is 0.326 e. The molecule has 1 heterocycles. The highest BCUT2D eigenvalue weighted by Crippen LogP contribution is 2.19. The van der Waals surface area contributed by atoms with E-state index in [2.05, 4.69) is 10.3 Å². The van der Waals surface area contributed by atoms with Crippen molar-refractivity contribution in [3.63, 3.8) is 0 Å². The Hall–Kier alpha value is -3.09. The number of amides is 2. The summed E-state index contributed by atoms with van der Waals surface area (Å²) in [5.41, 5.74) is 2.00. The zero-order chi connectivity index (χ0) is 18.4. The number of aromatic amines is 1. The number of hydrogen-bond donors (Lipinski definition) is 3. The molecule has 0 fully saturated rings. The van der Waals surface area contributed by atoms with Crippen LogP contribution >= 0.6 is 0 Å². The van der Waals surface area contributed by atoms with Gasteiger partial charge >= 0.3 is 5.97 Å². The third-order valence-electron chi connectivity index (χ3n) is 3.81. The van der Waals surface area contributed by atoms with E-state index in [1.807, 2.05) is 30.3 Å². The van der Waals surface area contributed by atoms with Gasteiger partial charge in [-0.1, -0.05) is 30.3 Å². The zero-order valence-electron chi connectivity index (χ0n) is 14.2. The molecule has 0 radical (unpaired) electrons. The molecule has 2 amide bonds. The Kier molecular flexibility index (Phi) is 5.94. The van der Waals surface area contributed by atoms with E-state index in [9.17, 15) is 19.5 Å². The van der Waals surface area contributed by atoms with E-state index in [1.165, 1.54) is 18.7 Å². The third-order valence-corrected chi connectivity index (χ3v) is 3.81. The number of carboxylic acids is 1. The number of hydrogen-bond acceptors (Lipinski definition) is 3. The van der Waals surface area contributed by atoms with Gasteiger partial charge in [0, 0.05) is 25.7 Å². The summed E-state index contributed by atoms with van der Waals surface area (Å²) in [7, 11) is 0. The van der Waals surface area contributed by atoms with Crippen LogP contribution in [0.25, 0.3) is 11.3 Å². The van der Waals surface area contributed by atoms with Gasteiger partial charge in [-0.15, -0.1) is 0 Å². The second-order valence-electron chi connectivity index (χ2n) is 5.65. The molecule has 7 heteroatoms. The Morgan fingerprint density at radius 2 is 1.84 bits per heavy atom. The molecule has 1 aromatic heterocycles. The maximum absolute atomic E-state index is 12.7. The van der Waals surface area contributed by atoms with Gasteiger partial charge in [-0.3, -0.25) is 9.59 Å². The van der Waals surface area contributed by atoms with Crippen molar-refractivity contribution < 1.29 is 19.5 Å². The molecule has 0 spiro atoms. The molecule has 7 nitrogen and oxygen atoms in total. The normalized spacial score (nSPS) is 11.6. The van der Waals surface area contributed by atoms with Crippen LogP contribution in [0.5, 0.6) is 0 Å². The summed E-state index contributed by atoms with van der Waals surface area (Å²) >= 11 is 0. The summed E-state index contributed by atoms with van der Waals surface area (Å²) in [4.78, 5) is 39.3. The summed E-state index contributed by atoms with van der Waals surface area (Å²) < 4.78 is 0. The van der Waals surface area contributed by atoms with Gasteiger partial charge in [-0.2, -0.15) is 0 Å². The number of aromatic nitrogens is 1. The van der Waals surface area contributed by atoms with Crippen molar-refractivity contribution >= 4 is 17.8 Å². The van der Waals surface area contributed by atoms with Crippen LogP contribution in [-0.4, -0.2) is 51.9 Å². The van der Waals surface area contributed by atoms with E-state index in [1.54, 1.807) is 12.1 Å². The minimum atomic E-state index is -1.11. The van der Waals surface area contributed by atoms with Crippen molar-refractivity contribution in [1.82, 2.24) is 15.2 Å². The quantitative estimate of drug-likeness (QED) is 0.712. The summed E-state index contributed by atoms with van der Waals surface area (Å²) in [5, 5.41) is 11.8. The van der Waals surface area contributed by atoms with Crippen LogP contribution in [0.3, 0.4) is 0 Å². The predicted octanol–water partition coefficient (Wildman–Crippen LogP) is 1.73. The Morgan fingerprint density at radius 3 is 2.44 bits per heavy atom. The summed E-state index contributed by atoms with van der Waals surface area (Å²) in [6.45, 7) is 3.09. The van der Waals surface area contributed by atoms with Crippen molar-refractivity contribution in [2.75, 3.05) is 13.1 Å². The summed E-state index contributed by atoms with van der Waals surface area (Å²) in [6.07, 6.45) is 0. The molecular weight excluding hydrogens is 322 g/mol. The zero-order valence-corrected chi connectivity index (χ0v) is 14.2. The lowest BCUT2D eigenvalue weighted by Crippen LogP contribution is -2.46. The fourth-order valence-corrected chi connectivity index (χ4v) is 2.42. The van der Waals surface area contributed by atoms with Crippen molar-refractivity contribution in [3.05, 3.63) is 48.2 Å². The molecule has 2 rings (SSSR count). The molecule has 0 bridgehead atoms. The molecule has 0 aliphatic carbocycles. The number of benzene rings is 1. The SMILES string of the molecule is CC(=O)NCCN(C(=O)c1ccc(-c2ccccc2)[nH]1)C(C)C(=O)O. The first-order chi connectivity index (χ1) is 11.9. The lowest BCUT2D eigenvalue weighted by atomic mass is 10.2. The van der Waals surface area contributed by atoms with Crippen LogP contribution in [0.4, 0.5) is 0 Å². The Bertz CT molecular complexity index is 755. The van der Waals surface area contributed by atoms with Gasteiger partial charge < -0.3 is 20.3 Å².